The van der Waals surface area contributed by atoms with Crippen molar-refractivity contribution in [2.45, 2.75) is 6.54 Å². The molecule has 1 N–H and O–H groups in total. The molecule has 5 nitrogen and oxygen atoms in total. The Morgan fingerprint density at radius 3 is 3.12 bits per heavy atom. The number of carbonyl (C=O) groups is 1. The van der Waals surface area contributed by atoms with E-state index >= 15 is 0 Å². The maximum Gasteiger partial charge on any atom is 0.410 e. The molecule has 2 rings (SSSR count). The summed E-state index contributed by atoms with van der Waals surface area (Å²) in [7, 11) is 0. The molecule has 16 heavy (non-hydrogen) atoms. The van der Waals surface area contributed by atoms with Crippen molar-refractivity contribution in [3.63, 3.8) is 0 Å². The lowest BCUT2D eigenvalue weighted by molar-refractivity contribution is 0.0217. The molecule has 1 aromatic heterocycles. The van der Waals surface area contributed by atoms with Crippen LogP contribution in [0.2, 0.25) is 0 Å². The fourth-order valence-corrected chi connectivity index (χ4v) is 1.65. The standard InChI is InChI=1S/C11H14N2O3/c14-7-9-5-13(11(15)16-8-9)6-10-3-1-2-4-12-10/h1-4,9,14H,5-8H2. The van der Waals surface area contributed by atoms with Gasteiger partial charge < -0.3 is 14.7 Å². The normalized spacial score (nSPS) is 20.7. The molecule has 0 aliphatic carbocycles. The van der Waals surface area contributed by atoms with E-state index in [0.29, 0.717) is 19.7 Å². The van der Waals surface area contributed by atoms with Crippen molar-refractivity contribution in [1.29, 1.82) is 0 Å². The largest absolute Gasteiger partial charge is 0.449 e. The van der Waals surface area contributed by atoms with Gasteiger partial charge in [0.2, 0.25) is 0 Å². The average molecular weight is 222 g/mol. The Morgan fingerprint density at radius 1 is 1.56 bits per heavy atom. The van der Waals surface area contributed by atoms with Crippen LogP contribution in [-0.2, 0) is 11.3 Å². The quantitative estimate of drug-likeness (QED) is 0.815. The summed E-state index contributed by atoms with van der Waals surface area (Å²) in [5, 5.41) is 9.03. The van der Waals surface area contributed by atoms with Crippen molar-refractivity contribution < 1.29 is 14.6 Å². The van der Waals surface area contributed by atoms with E-state index in [1.54, 1.807) is 11.1 Å². The van der Waals surface area contributed by atoms with Gasteiger partial charge in [-0.25, -0.2) is 4.79 Å². The van der Waals surface area contributed by atoms with Crippen LogP contribution in [-0.4, -0.2) is 40.8 Å². The molecule has 2 heterocycles. The van der Waals surface area contributed by atoms with Crippen LogP contribution in [0.5, 0.6) is 0 Å². The van der Waals surface area contributed by atoms with Crippen molar-refractivity contribution in [3.05, 3.63) is 30.1 Å². The Kier molecular flexibility index (Phi) is 3.36. The molecule has 1 atom stereocenters. The minimum Gasteiger partial charge on any atom is -0.449 e. The highest BCUT2D eigenvalue weighted by Crippen LogP contribution is 2.13. The van der Waals surface area contributed by atoms with Crippen LogP contribution >= 0.6 is 0 Å². The summed E-state index contributed by atoms with van der Waals surface area (Å²) >= 11 is 0. The van der Waals surface area contributed by atoms with Crippen LogP contribution in [0.4, 0.5) is 4.79 Å². The minimum atomic E-state index is -0.338. The van der Waals surface area contributed by atoms with Crippen LogP contribution in [0.1, 0.15) is 5.69 Å². The Labute approximate surface area is 93.7 Å². The lowest BCUT2D eigenvalue weighted by atomic mass is 10.1. The topological polar surface area (TPSA) is 62.7 Å². The summed E-state index contributed by atoms with van der Waals surface area (Å²) in [6.07, 6.45) is 1.35. The van der Waals surface area contributed by atoms with Gasteiger partial charge in [-0.1, -0.05) is 6.07 Å². The fraction of sp³-hybridized carbons (Fsp3) is 0.455. The highest BCUT2D eigenvalue weighted by molar-refractivity contribution is 5.68. The van der Waals surface area contributed by atoms with E-state index in [0.717, 1.165) is 5.69 Å². The molecule has 1 saturated heterocycles. The summed E-state index contributed by atoms with van der Waals surface area (Å²) in [6.45, 7) is 1.28. The number of pyridine rings is 1. The van der Waals surface area contributed by atoms with E-state index in [9.17, 15) is 4.79 Å². The number of aromatic nitrogens is 1. The Morgan fingerprint density at radius 2 is 2.44 bits per heavy atom. The Hall–Kier alpha value is -1.62. The second-order valence-electron chi connectivity index (χ2n) is 3.83. The third-order valence-electron chi connectivity index (χ3n) is 2.52. The van der Waals surface area contributed by atoms with Gasteiger partial charge in [-0.2, -0.15) is 0 Å². The van der Waals surface area contributed by atoms with E-state index < -0.39 is 0 Å². The van der Waals surface area contributed by atoms with Crippen molar-refractivity contribution in [3.8, 4) is 0 Å². The van der Waals surface area contributed by atoms with E-state index in [-0.39, 0.29) is 18.6 Å². The zero-order valence-corrected chi connectivity index (χ0v) is 8.87. The molecule has 1 aromatic rings. The molecule has 0 spiro atoms. The maximum atomic E-state index is 11.5. The summed E-state index contributed by atoms with van der Waals surface area (Å²) in [4.78, 5) is 17.2. The average Bonchev–Trinajstić information content (AvgIpc) is 2.33. The van der Waals surface area contributed by atoms with Gasteiger partial charge in [0.1, 0.15) is 0 Å². The molecular weight excluding hydrogens is 208 g/mol. The molecule has 1 unspecified atom stereocenters. The first-order chi connectivity index (χ1) is 7.79. The Balaban J connectivity index is 2.00. The second kappa shape index (κ2) is 4.94. The molecule has 0 saturated carbocycles. The number of amides is 1. The molecule has 1 amide bonds. The molecule has 1 aliphatic rings. The molecule has 5 heteroatoms. The minimum absolute atomic E-state index is 0.00131. The summed E-state index contributed by atoms with van der Waals surface area (Å²) in [6, 6.07) is 5.56. The van der Waals surface area contributed by atoms with Gasteiger partial charge in [0, 0.05) is 18.7 Å². The zero-order chi connectivity index (χ0) is 11.4. The zero-order valence-electron chi connectivity index (χ0n) is 8.87. The van der Waals surface area contributed by atoms with Crippen molar-refractivity contribution in [2.75, 3.05) is 19.8 Å². The van der Waals surface area contributed by atoms with Crippen LogP contribution in [0.25, 0.3) is 0 Å². The van der Waals surface area contributed by atoms with E-state index in [4.69, 9.17) is 9.84 Å². The summed E-state index contributed by atoms with van der Waals surface area (Å²) in [5.74, 6) is 0.00131. The lowest BCUT2D eigenvalue weighted by Gasteiger charge is -2.30. The van der Waals surface area contributed by atoms with Gasteiger partial charge in [-0.15, -0.1) is 0 Å². The number of ether oxygens (including phenoxy) is 1. The van der Waals surface area contributed by atoms with Gasteiger partial charge in [0.25, 0.3) is 0 Å². The SMILES string of the molecule is O=C1OCC(CO)CN1Cc1ccccn1. The first-order valence-electron chi connectivity index (χ1n) is 5.22. The predicted molar refractivity (Wildman–Crippen MR) is 56.6 cm³/mol. The third kappa shape index (κ3) is 2.49. The van der Waals surface area contributed by atoms with Crippen molar-refractivity contribution in [1.82, 2.24) is 9.88 Å². The van der Waals surface area contributed by atoms with Gasteiger partial charge in [0.05, 0.1) is 25.5 Å². The number of nitrogens with zero attached hydrogens (tertiary/aromatic N) is 2. The van der Waals surface area contributed by atoms with E-state index in [2.05, 4.69) is 4.98 Å². The van der Waals surface area contributed by atoms with Gasteiger partial charge in [-0.3, -0.25) is 4.98 Å². The smallest absolute Gasteiger partial charge is 0.410 e. The van der Waals surface area contributed by atoms with Crippen LogP contribution in [0.15, 0.2) is 24.4 Å². The number of hydrogen-bond acceptors (Lipinski definition) is 4. The van der Waals surface area contributed by atoms with E-state index in [1.807, 2.05) is 18.2 Å². The van der Waals surface area contributed by atoms with Gasteiger partial charge >= 0.3 is 6.09 Å². The predicted octanol–water partition coefficient (Wildman–Crippen LogP) is 0.642. The highest BCUT2D eigenvalue weighted by atomic mass is 16.6. The monoisotopic (exact) mass is 222 g/mol. The van der Waals surface area contributed by atoms with Gasteiger partial charge in [-0.05, 0) is 12.1 Å². The number of rotatable bonds is 3. The molecule has 86 valence electrons. The van der Waals surface area contributed by atoms with Crippen molar-refractivity contribution in [2.24, 2.45) is 5.92 Å². The lowest BCUT2D eigenvalue weighted by Crippen LogP contribution is -2.43. The first-order valence-corrected chi connectivity index (χ1v) is 5.22. The first kappa shape index (κ1) is 10.9. The number of carbonyl (C=O) groups excluding carboxylic acids is 1. The van der Waals surface area contributed by atoms with Gasteiger partial charge in [0.15, 0.2) is 0 Å². The molecule has 1 fully saturated rings. The fourth-order valence-electron chi connectivity index (χ4n) is 1.65. The number of cyclic esters (lactones) is 1. The number of hydrogen-bond donors (Lipinski definition) is 1. The summed E-state index contributed by atoms with van der Waals surface area (Å²) < 4.78 is 4.97. The van der Waals surface area contributed by atoms with Crippen LogP contribution in [0, 0.1) is 5.92 Å². The molecule has 0 bridgehead atoms. The molecule has 0 aromatic carbocycles. The molecular formula is C11H14N2O3. The highest BCUT2D eigenvalue weighted by Gasteiger charge is 2.26. The summed E-state index contributed by atoms with van der Waals surface area (Å²) in [5.41, 5.74) is 0.818. The molecule has 0 radical (unpaired) electrons. The van der Waals surface area contributed by atoms with Crippen LogP contribution < -0.4 is 0 Å². The van der Waals surface area contributed by atoms with Crippen molar-refractivity contribution >= 4 is 6.09 Å². The Bertz CT molecular complexity index is 356. The van der Waals surface area contributed by atoms with Crippen LogP contribution in [0.3, 0.4) is 0 Å². The molecule has 1 aliphatic heterocycles. The number of aliphatic hydroxyl groups is 1. The maximum absolute atomic E-state index is 11.5. The van der Waals surface area contributed by atoms with E-state index in [1.165, 1.54) is 0 Å². The number of aliphatic hydroxyl groups excluding tert-OH is 1. The second-order valence-corrected chi connectivity index (χ2v) is 3.83. The third-order valence-corrected chi connectivity index (χ3v) is 2.52.